The highest BCUT2D eigenvalue weighted by atomic mass is 127. The van der Waals surface area contributed by atoms with E-state index in [-0.39, 0.29) is 3.83 Å². The Morgan fingerprint density at radius 1 is 0.839 bits per heavy atom. The lowest BCUT2D eigenvalue weighted by Gasteiger charge is -2.37. The number of aryl methyl sites for hydroxylation is 1. The molecule has 0 atom stereocenters. The molecule has 0 saturated heterocycles. The molecule has 172 valence electrons. The second-order valence-corrected chi connectivity index (χ2v) is 11.2. The molecule has 2 saturated carbocycles. The number of hydrogen-bond donors (Lipinski definition) is 0. The van der Waals surface area contributed by atoms with Gasteiger partial charge in [-0.2, -0.15) is 0 Å². The third-order valence-electron chi connectivity index (χ3n) is 7.84. The molecule has 2 aliphatic rings. The van der Waals surface area contributed by atoms with Crippen LogP contribution in [0.25, 0.3) is 0 Å². The lowest BCUT2D eigenvalue weighted by atomic mass is 9.68. The van der Waals surface area contributed by atoms with Crippen molar-refractivity contribution in [2.75, 3.05) is 0 Å². The Labute approximate surface area is 204 Å². The average molecular weight is 537 g/mol. The van der Waals surface area contributed by atoms with Gasteiger partial charge in [-0.1, -0.05) is 56.2 Å². The molecular formula is C29H42FI. The summed E-state index contributed by atoms with van der Waals surface area (Å²) in [6.45, 7) is 2.44. The fraction of sp³-hybridized carbons (Fsp3) is 0.655. The van der Waals surface area contributed by atoms with E-state index < -0.39 is 0 Å². The number of benzene rings is 1. The summed E-state index contributed by atoms with van der Waals surface area (Å²) >= 11 is 1.72. The van der Waals surface area contributed by atoms with Gasteiger partial charge in [0.2, 0.25) is 0 Å². The molecule has 0 radical (unpaired) electrons. The van der Waals surface area contributed by atoms with Crippen molar-refractivity contribution in [2.45, 2.75) is 103 Å². The molecule has 0 N–H and O–H groups in total. The second kappa shape index (κ2) is 13.8. The van der Waals surface area contributed by atoms with E-state index >= 15 is 0 Å². The molecule has 0 amide bonds. The standard InChI is InChI=1S/C29H42FI/c1-23-11-15-25(16-12-23)27-19-21-28(22-20-27)26-17-13-24(14-18-26)9-7-5-3-2-4-6-8-10-29(30)31/h2,4,10,13-14,17-18,23,25,27-28H,3,5-9,11-12,15-16,19-22H2,1H3/b4-2+,29-10+. The smallest absolute Gasteiger partial charge is 0.156 e. The van der Waals surface area contributed by atoms with Crippen molar-refractivity contribution in [2.24, 2.45) is 17.8 Å². The molecule has 2 heteroatoms. The minimum Gasteiger partial charge on any atom is -0.200 e. The maximum atomic E-state index is 12.6. The summed E-state index contributed by atoms with van der Waals surface area (Å²) in [5.74, 6) is 3.82. The minimum atomic E-state index is -0.0983. The summed E-state index contributed by atoms with van der Waals surface area (Å²) in [4.78, 5) is 0. The first kappa shape index (κ1) is 25.0. The molecule has 0 bridgehead atoms. The lowest BCUT2D eigenvalue weighted by Crippen LogP contribution is -2.24. The zero-order valence-electron chi connectivity index (χ0n) is 19.5. The van der Waals surface area contributed by atoms with E-state index in [1.54, 1.807) is 34.2 Å². The first-order valence-electron chi connectivity index (χ1n) is 12.9. The molecular weight excluding hydrogens is 494 g/mol. The Morgan fingerprint density at radius 2 is 1.45 bits per heavy atom. The number of unbranched alkanes of at least 4 members (excludes halogenated alkanes) is 3. The molecule has 0 unspecified atom stereocenters. The van der Waals surface area contributed by atoms with E-state index in [2.05, 4.69) is 43.3 Å². The fourth-order valence-corrected chi connectivity index (χ4v) is 6.06. The maximum absolute atomic E-state index is 12.6. The van der Waals surface area contributed by atoms with Crippen LogP contribution < -0.4 is 0 Å². The first-order valence-corrected chi connectivity index (χ1v) is 13.9. The molecule has 0 heterocycles. The number of hydrogen-bond acceptors (Lipinski definition) is 0. The van der Waals surface area contributed by atoms with Crippen LogP contribution in [0.2, 0.25) is 0 Å². The van der Waals surface area contributed by atoms with Crippen molar-refractivity contribution in [1.29, 1.82) is 0 Å². The summed E-state index contributed by atoms with van der Waals surface area (Å²) in [5.41, 5.74) is 3.07. The van der Waals surface area contributed by atoms with Crippen molar-refractivity contribution in [3.8, 4) is 0 Å². The van der Waals surface area contributed by atoms with Crippen LogP contribution in [0.1, 0.15) is 107 Å². The van der Waals surface area contributed by atoms with Gasteiger partial charge in [0.15, 0.2) is 3.83 Å². The van der Waals surface area contributed by atoms with Gasteiger partial charge in [-0.25, -0.2) is 4.39 Å². The van der Waals surface area contributed by atoms with Crippen molar-refractivity contribution in [3.05, 3.63) is 57.5 Å². The van der Waals surface area contributed by atoms with Crippen molar-refractivity contribution < 1.29 is 4.39 Å². The molecule has 0 aromatic heterocycles. The molecule has 0 aliphatic heterocycles. The minimum absolute atomic E-state index is 0.0983. The van der Waals surface area contributed by atoms with Crippen LogP contribution in [0.3, 0.4) is 0 Å². The quantitative estimate of drug-likeness (QED) is 0.159. The SMILES string of the molecule is CC1CCC(C2CCC(c3ccc(CCCC/C=C/CC/C=C(\F)I)cc3)CC2)CC1. The van der Waals surface area contributed by atoms with Gasteiger partial charge >= 0.3 is 0 Å². The highest BCUT2D eigenvalue weighted by Gasteiger charge is 2.30. The number of halogens is 2. The molecule has 0 nitrogen and oxygen atoms in total. The highest BCUT2D eigenvalue weighted by molar-refractivity contribution is 14.1. The van der Waals surface area contributed by atoms with Crippen LogP contribution in [-0.2, 0) is 6.42 Å². The van der Waals surface area contributed by atoms with Gasteiger partial charge in [-0.05, 0) is 141 Å². The van der Waals surface area contributed by atoms with E-state index in [1.807, 2.05) is 0 Å². The lowest BCUT2D eigenvalue weighted by molar-refractivity contribution is 0.165. The zero-order chi connectivity index (χ0) is 21.9. The van der Waals surface area contributed by atoms with Crippen LogP contribution in [0.5, 0.6) is 0 Å². The molecule has 31 heavy (non-hydrogen) atoms. The van der Waals surface area contributed by atoms with Crippen LogP contribution in [0.15, 0.2) is 46.3 Å². The van der Waals surface area contributed by atoms with Gasteiger partial charge in [0.25, 0.3) is 0 Å². The molecule has 2 fully saturated rings. The van der Waals surface area contributed by atoms with Crippen LogP contribution in [0.4, 0.5) is 4.39 Å². The van der Waals surface area contributed by atoms with E-state index in [9.17, 15) is 4.39 Å². The Morgan fingerprint density at radius 3 is 2.10 bits per heavy atom. The van der Waals surface area contributed by atoms with Crippen LogP contribution >= 0.6 is 22.6 Å². The van der Waals surface area contributed by atoms with Gasteiger partial charge in [0.05, 0.1) is 0 Å². The van der Waals surface area contributed by atoms with Crippen LogP contribution in [0, 0.1) is 17.8 Å². The summed E-state index contributed by atoms with van der Waals surface area (Å²) < 4.78 is 12.5. The zero-order valence-corrected chi connectivity index (χ0v) is 21.7. The van der Waals surface area contributed by atoms with Crippen molar-refractivity contribution >= 4 is 22.6 Å². The molecule has 3 rings (SSSR count). The van der Waals surface area contributed by atoms with E-state index in [0.717, 1.165) is 42.9 Å². The molecule has 0 spiro atoms. The summed E-state index contributed by atoms with van der Waals surface area (Å²) in [5, 5.41) is 0. The van der Waals surface area contributed by atoms with Crippen LogP contribution in [-0.4, -0.2) is 0 Å². The largest absolute Gasteiger partial charge is 0.200 e. The van der Waals surface area contributed by atoms with Gasteiger partial charge < -0.3 is 0 Å². The Kier molecular flexibility index (Phi) is 11.1. The topological polar surface area (TPSA) is 0 Å². The van der Waals surface area contributed by atoms with Gasteiger partial charge in [0, 0.05) is 0 Å². The number of allylic oxidation sites excluding steroid dienone is 3. The monoisotopic (exact) mass is 536 g/mol. The highest BCUT2D eigenvalue weighted by Crippen LogP contribution is 2.43. The van der Waals surface area contributed by atoms with Crippen molar-refractivity contribution in [1.82, 2.24) is 0 Å². The summed E-state index contributed by atoms with van der Waals surface area (Å²) in [6.07, 6.45) is 24.3. The Balaban J connectivity index is 1.30. The van der Waals surface area contributed by atoms with E-state index in [0.29, 0.717) is 0 Å². The number of rotatable bonds is 10. The van der Waals surface area contributed by atoms with E-state index in [4.69, 9.17) is 0 Å². The van der Waals surface area contributed by atoms with Gasteiger partial charge in [-0.15, -0.1) is 0 Å². The summed E-state index contributed by atoms with van der Waals surface area (Å²) in [7, 11) is 0. The first-order chi connectivity index (χ1) is 15.1. The Hall–Kier alpha value is -0.640. The normalized spacial score (nSPS) is 27.6. The second-order valence-electron chi connectivity index (χ2n) is 10.2. The molecule has 2 aliphatic carbocycles. The average Bonchev–Trinajstić information content (AvgIpc) is 2.79. The third kappa shape index (κ3) is 9.02. The van der Waals surface area contributed by atoms with E-state index in [1.165, 1.54) is 76.2 Å². The maximum Gasteiger partial charge on any atom is 0.156 e. The third-order valence-corrected chi connectivity index (χ3v) is 8.28. The predicted octanol–water partition coefficient (Wildman–Crippen LogP) is 10.1. The van der Waals surface area contributed by atoms with Gasteiger partial charge in [-0.3, -0.25) is 0 Å². The molecule has 1 aromatic carbocycles. The van der Waals surface area contributed by atoms with Crippen molar-refractivity contribution in [3.63, 3.8) is 0 Å². The van der Waals surface area contributed by atoms with Gasteiger partial charge in [0.1, 0.15) is 0 Å². The fourth-order valence-electron chi connectivity index (χ4n) is 5.75. The Bertz CT molecular complexity index is 669. The summed E-state index contributed by atoms with van der Waals surface area (Å²) in [6, 6.07) is 9.60. The molecule has 1 aromatic rings. The predicted molar refractivity (Wildman–Crippen MR) is 141 cm³/mol.